The van der Waals surface area contributed by atoms with E-state index in [1.807, 2.05) is 6.07 Å². The highest BCUT2D eigenvalue weighted by molar-refractivity contribution is 5.86. The third-order valence-electron chi connectivity index (χ3n) is 6.27. The highest BCUT2D eigenvalue weighted by atomic mass is 16.8. The van der Waals surface area contributed by atoms with Crippen LogP contribution in [0.1, 0.15) is 97.0 Å². The van der Waals surface area contributed by atoms with Crippen LogP contribution >= 0.6 is 0 Å². The molecule has 1 aromatic rings. The molecule has 0 aromatic heterocycles. The standard InChI is InChI=1S/C28H44O6/c1-4-7-8-9-10-11-16-21-28(22-17-15-20-23-18-13-12-14-19-23)33-24(26(29)31-5-2)25(34-28)27(30)32-6-3/h12-14,18-19,24-25H,4-11,15-17,20-22H2,1-3H3/t24-,25-/m1/s1. The fraction of sp³-hybridized carbons (Fsp3) is 0.714. The van der Waals surface area contributed by atoms with Gasteiger partial charge < -0.3 is 18.9 Å². The molecule has 0 unspecified atom stereocenters. The minimum atomic E-state index is -1.09. The molecule has 0 aliphatic carbocycles. The molecule has 1 aliphatic heterocycles. The number of ether oxygens (including phenoxy) is 4. The maximum Gasteiger partial charge on any atom is 0.338 e. The lowest BCUT2D eigenvalue weighted by atomic mass is 9.98. The Morgan fingerprint density at radius 1 is 0.735 bits per heavy atom. The quantitative estimate of drug-likeness (QED) is 0.198. The first-order valence-corrected chi connectivity index (χ1v) is 13.3. The third-order valence-corrected chi connectivity index (χ3v) is 6.27. The number of benzene rings is 1. The zero-order chi connectivity index (χ0) is 24.7. The SMILES string of the molecule is CCCCCCCCCC1(CCCCc2ccccc2)O[C@@H](C(=O)OCC)[C@H](C(=O)OCC)O1. The molecule has 1 saturated heterocycles. The summed E-state index contributed by atoms with van der Waals surface area (Å²) >= 11 is 0. The van der Waals surface area contributed by atoms with Gasteiger partial charge in [0.1, 0.15) is 0 Å². The molecule has 2 atom stereocenters. The second-order valence-electron chi connectivity index (χ2n) is 9.06. The van der Waals surface area contributed by atoms with Crippen LogP contribution < -0.4 is 0 Å². The Balaban J connectivity index is 2.02. The molecule has 0 spiro atoms. The third kappa shape index (κ3) is 9.38. The zero-order valence-corrected chi connectivity index (χ0v) is 21.4. The van der Waals surface area contributed by atoms with E-state index in [9.17, 15) is 9.59 Å². The lowest BCUT2D eigenvalue weighted by molar-refractivity contribution is -0.197. The van der Waals surface area contributed by atoms with E-state index in [2.05, 4.69) is 31.2 Å². The van der Waals surface area contributed by atoms with Crippen LogP contribution in [0.4, 0.5) is 0 Å². The fourth-order valence-corrected chi connectivity index (χ4v) is 4.49. The Labute approximate surface area is 205 Å². The first kappa shape index (κ1) is 28.3. The molecule has 1 heterocycles. The molecule has 1 aromatic carbocycles. The van der Waals surface area contributed by atoms with Crippen LogP contribution in [0.3, 0.4) is 0 Å². The lowest BCUT2D eigenvalue weighted by Crippen LogP contribution is -2.39. The number of esters is 2. The van der Waals surface area contributed by atoms with Crippen molar-refractivity contribution in [1.29, 1.82) is 0 Å². The van der Waals surface area contributed by atoms with Crippen LogP contribution in [0.5, 0.6) is 0 Å². The molecular weight excluding hydrogens is 432 g/mol. The number of unbranched alkanes of at least 4 members (excludes halogenated alkanes) is 7. The molecule has 1 aliphatic rings. The van der Waals surface area contributed by atoms with Gasteiger partial charge in [0.05, 0.1) is 13.2 Å². The molecule has 0 saturated carbocycles. The van der Waals surface area contributed by atoms with Crippen molar-refractivity contribution in [3.05, 3.63) is 35.9 Å². The lowest BCUT2D eigenvalue weighted by Gasteiger charge is -2.28. The average molecular weight is 477 g/mol. The van der Waals surface area contributed by atoms with Crippen molar-refractivity contribution >= 4 is 11.9 Å². The Morgan fingerprint density at radius 3 is 1.76 bits per heavy atom. The van der Waals surface area contributed by atoms with Crippen molar-refractivity contribution in [2.45, 2.75) is 116 Å². The van der Waals surface area contributed by atoms with Gasteiger partial charge in [-0.2, -0.15) is 0 Å². The molecule has 0 bridgehead atoms. The van der Waals surface area contributed by atoms with E-state index in [1.54, 1.807) is 13.8 Å². The molecule has 0 N–H and O–H groups in total. The predicted molar refractivity (Wildman–Crippen MR) is 132 cm³/mol. The van der Waals surface area contributed by atoms with Crippen molar-refractivity contribution in [3.63, 3.8) is 0 Å². The predicted octanol–water partition coefficient (Wildman–Crippen LogP) is 6.15. The van der Waals surface area contributed by atoms with E-state index < -0.39 is 29.9 Å². The molecule has 0 radical (unpaired) electrons. The van der Waals surface area contributed by atoms with Crippen molar-refractivity contribution in [2.24, 2.45) is 0 Å². The minimum Gasteiger partial charge on any atom is -0.464 e. The molecule has 0 amide bonds. The first-order chi connectivity index (χ1) is 16.5. The Hall–Kier alpha value is -1.92. The molecule has 6 nitrogen and oxygen atoms in total. The number of hydrogen-bond acceptors (Lipinski definition) is 6. The molecular formula is C28H44O6. The van der Waals surface area contributed by atoms with Gasteiger partial charge in [0.25, 0.3) is 0 Å². The van der Waals surface area contributed by atoms with Crippen molar-refractivity contribution in [3.8, 4) is 0 Å². The van der Waals surface area contributed by atoms with E-state index in [1.165, 1.54) is 37.7 Å². The highest BCUT2D eigenvalue weighted by Crippen LogP contribution is 2.38. The van der Waals surface area contributed by atoms with E-state index in [0.717, 1.165) is 32.1 Å². The Morgan fingerprint density at radius 2 is 1.24 bits per heavy atom. The molecule has 6 heteroatoms. The van der Waals surface area contributed by atoms with Crippen molar-refractivity contribution < 1.29 is 28.5 Å². The summed E-state index contributed by atoms with van der Waals surface area (Å²) in [5.74, 6) is -2.09. The maximum absolute atomic E-state index is 12.6. The van der Waals surface area contributed by atoms with Crippen LogP contribution in [0, 0.1) is 0 Å². The smallest absolute Gasteiger partial charge is 0.338 e. The zero-order valence-electron chi connectivity index (χ0n) is 21.4. The second-order valence-corrected chi connectivity index (χ2v) is 9.06. The van der Waals surface area contributed by atoms with Gasteiger partial charge in [-0.15, -0.1) is 0 Å². The second kappa shape index (κ2) is 15.9. The summed E-state index contributed by atoms with van der Waals surface area (Å²) in [5, 5.41) is 0. The number of rotatable bonds is 17. The summed E-state index contributed by atoms with van der Waals surface area (Å²) < 4.78 is 22.9. The number of carbonyl (C=O) groups excluding carboxylic acids is 2. The van der Waals surface area contributed by atoms with Gasteiger partial charge in [-0.3, -0.25) is 0 Å². The first-order valence-electron chi connectivity index (χ1n) is 13.3. The topological polar surface area (TPSA) is 71.1 Å². The number of hydrogen-bond donors (Lipinski definition) is 0. The van der Waals surface area contributed by atoms with Crippen LogP contribution in [-0.2, 0) is 35.0 Å². The van der Waals surface area contributed by atoms with Crippen molar-refractivity contribution in [2.75, 3.05) is 13.2 Å². The summed E-state index contributed by atoms with van der Waals surface area (Å²) in [4.78, 5) is 25.2. The van der Waals surface area contributed by atoms with Gasteiger partial charge in [-0.1, -0.05) is 75.8 Å². The molecule has 192 valence electrons. The minimum absolute atomic E-state index is 0.218. The maximum atomic E-state index is 12.6. The molecule has 2 rings (SSSR count). The Kier molecular flexibility index (Phi) is 13.2. The summed E-state index contributed by atoms with van der Waals surface area (Å²) in [5.41, 5.74) is 1.30. The summed E-state index contributed by atoms with van der Waals surface area (Å²) in [6, 6.07) is 10.4. The summed E-state index contributed by atoms with van der Waals surface area (Å²) in [6.07, 6.45) is 10.1. The summed E-state index contributed by atoms with van der Waals surface area (Å²) in [6.45, 7) is 6.13. The molecule has 34 heavy (non-hydrogen) atoms. The summed E-state index contributed by atoms with van der Waals surface area (Å²) in [7, 11) is 0. The van der Waals surface area contributed by atoms with Crippen LogP contribution in [0.2, 0.25) is 0 Å². The van der Waals surface area contributed by atoms with Gasteiger partial charge in [0.15, 0.2) is 18.0 Å². The fourth-order valence-electron chi connectivity index (χ4n) is 4.49. The normalized spacial score (nSPS) is 19.1. The van der Waals surface area contributed by atoms with Gasteiger partial charge in [-0.25, -0.2) is 9.59 Å². The van der Waals surface area contributed by atoms with Gasteiger partial charge >= 0.3 is 11.9 Å². The van der Waals surface area contributed by atoms with Gasteiger partial charge in [-0.05, 0) is 45.1 Å². The van der Waals surface area contributed by atoms with E-state index in [-0.39, 0.29) is 13.2 Å². The average Bonchev–Trinajstić information content (AvgIpc) is 3.23. The van der Waals surface area contributed by atoms with Crippen LogP contribution in [0.15, 0.2) is 30.3 Å². The van der Waals surface area contributed by atoms with E-state index in [0.29, 0.717) is 12.8 Å². The van der Waals surface area contributed by atoms with E-state index >= 15 is 0 Å². The van der Waals surface area contributed by atoms with Crippen molar-refractivity contribution in [1.82, 2.24) is 0 Å². The van der Waals surface area contributed by atoms with Crippen LogP contribution in [-0.4, -0.2) is 43.1 Å². The monoisotopic (exact) mass is 476 g/mol. The molecule has 1 fully saturated rings. The van der Waals surface area contributed by atoms with Crippen LogP contribution in [0.25, 0.3) is 0 Å². The number of carbonyl (C=O) groups is 2. The van der Waals surface area contributed by atoms with E-state index in [4.69, 9.17) is 18.9 Å². The highest BCUT2D eigenvalue weighted by Gasteiger charge is 2.54. The number of aryl methyl sites for hydroxylation is 1. The Bertz CT molecular complexity index is 678. The largest absolute Gasteiger partial charge is 0.464 e. The van der Waals surface area contributed by atoms with Gasteiger partial charge in [0, 0.05) is 12.8 Å². The van der Waals surface area contributed by atoms with Gasteiger partial charge in [0.2, 0.25) is 0 Å².